The summed E-state index contributed by atoms with van der Waals surface area (Å²) in [5.74, 6) is -1.50. The van der Waals surface area contributed by atoms with Crippen LogP contribution in [0.4, 0.5) is 0 Å². The second-order valence-electron chi connectivity index (χ2n) is 9.46. The van der Waals surface area contributed by atoms with Crippen LogP contribution in [0.15, 0.2) is 11.6 Å². The van der Waals surface area contributed by atoms with E-state index in [2.05, 4.69) is 5.32 Å². The van der Waals surface area contributed by atoms with Gasteiger partial charge in [0.1, 0.15) is 6.04 Å². The molecular formula is C22H40N2O5. The topological polar surface area (TPSA) is 95.9 Å². The Morgan fingerprint density at radius 3 is 2.03 bits per heavy atom. The maximum atomic E-state index is 13.4. The van der Waals surface area contributed by atoms with E-state index in [0.29, 0.717) is 6.42 Å². The number of carbonyl (C=O) groups excluding carboxylic acids is 2. The van der Waals surface area contributed by atoms with Crippen LogP contribution in [0, 0.1) is 16.7 Å². The Morgan fingerprint density at radius 1 is 1.17 bits per heavy atom. The molecule has 0 bridgehead atoms. The summed E-state index contributed by atoms with van der Waals surface area (Å²) in [6.07, 6.45) is 2.16. The lowest BCUT2D eigenvalue weighted by molar-refractivity contribution is -0.144. The zero-order valence-electron chi connectivity index (χ0n) is 19.8. The van der Waals surface area contributed by atoms with E-state index >= 15 is 0 Å². The van der Waals surface area contributed by atoms with Gasteiger partial charge in [-0.05, 0) is 31.6 Å². The third-order valence-corrected chi connectivity index (χ3v) is 5.42. The van der Waals surface area contributed by atoms with Crippen LogP contribution in [0.3, 0.4) is 0 Å². The average molecular weight is 413 g/mol. The Morgan fingerprint density at radius 2 is 1.69 bits per heavy atom. The molecule has 0 aromatic carbocycles. The number of methoxy groups -OCH3 is 1. The number of aliphatic carboxylic acids is 1. The van der Waals surface area contributed by atoms with Crippen LogP contribution >= 0.6 is 0 Å². The van der Waals surface area contributed by atoms with E-state index < -0.39 is 28.9 Å². The first-order valence-corrected chi connectivity index (χ1v) is 10.1. The van der Waals surface area contributed by atoms with Gasteiger partial charge < -0.3 is 20.1 Å². The first kappa shape index (κ1) is 27.1. The number of likely N-dealkylation sites (N-methyl/N-ethyl adjacent to an activating group) is 1. The summed E-state index contributed by atoms with van der Waals surface area (Å²) in [5, 5.41) is 12.2. The summed E-state index contributed by atoms with van der Waals surface area (Å²) in [4.78, 5) is 39.2. The number of rotatable bonds is 10. The molecule has 0 radical (unpaired) electrons. The number of nitrogens with zero attached hydrogens (tertiary/aromatic N) is 1. The molecule has 3 atom stereocenters. The fourth-order valence-corrected chi connectivity index (χ4v) is 3.03. The molecule has 0 aliphatic heterocycles. The number of hydrogen-bond donors (Lipinski definition) is 2. The molecule has 0 heterocycles. The lowest BCUT2D eigenvalue weighted by Crippen LogP contribution is -2.58. The smallest absolute Gasteiger partial charge is 0.331 e. The van der Waals surface area contributed by atoms with Crippen LogP contribution < -0.4 is 5.32 Å². The molecule has 29 heavy (non-hydrogen) atoms. The molecule has 7 heteroatoms. The van der Waals surface area contributed by atoms with Crippen molar-refractivity contribution in [1.29, 1.82) is 0 Å². The second-order valence-corrected chi connectivity index (χ2v) is 9.46. The molecule has 0 spiro atoms. The monoisotopic (exact) mass is 412 g/mol. The lowest BCUT2D eigenvalue weighted by Gasteiger charge is -2.39. The maximum Gasteiger partial charge on any atom is 0.331 e. The molecule has 0 aromatic rings. The van der Waals surface area contributed by atoms with Crippen LogP contribution in [-0.2, 0) is 19.1 Å². The van der Waals surface area contributed by atoms with Crippen molar-refractivity contribution in [3.63, 3.8) is 0 Å². The molecule has 0 aliphatic rings. The maximum absolute atomic E-state index is 13.4. The standard InChI is InChI=1S/C22H40N2O5/c1-11-22(8,13-29-10)20(28)23-17(21(5,6)7)18(25)24(9)16(14(2)3)12-15(4)19(26)27/h12,14,16-17H,11,13H2,1-10H3,(H,23,28)(H,26,27)/b15-12+/t16-,17-,22?/m1/s1. The van der Waals surface area contributed by atoms with Crippen molar-refractivity contribution in [3.8, 4) is 0 Å². The highest BCUT2D eigenvalue weighted by Gasteiger charge is 2.40. The highest BCUT2D eigenvalue weighted by atomic mass is 16.5. The molecule has 0 aliphatic carbocycles. The lowest BCUT2D eigenvalue weighted by atomic mass is 9.82. The van der Waals surface area contributed by atoms with Crippen molar-refractivity contribution in [3.05, 3.63) is 11.6 Å². The summed E-state index contributed by atoms with van der Waals surface area (Å²) in [7, 11) is 3.20. The predicted molar refractivity (Wildman–Crippen MR) is 114 cm³/mol. The zero-order chi connectivity index (χ0) is 23.2. The number of ether oxygens (including phenoxy) is 1. The van der Waals surface area contributed by atoms with Crippen LogP contribution in [0.1, 0.15) is 61.8 Å². The van der Waals surface area contributed by atoms with Crippen LogP contribution in [0.5, 0.6) is 0 Å². The van der Waals surface area contributed by atoms with E-state index in [1.54, 1.807) is 20.2 Å². The molecule has 2 amide bonds. The van der Waals surface area contributed by atoms with Gasteiger partial charge in [-0.15, -0.1) is 0 Å². The van der Waals surface area contributed by atoms with Crippen LogP contribution in [-0.4, -0.2) is 60.6 Å². The van der Waals surface area contributed by atoms with Gasteiger partial charge in [0, 0.05) is 19.7 Å². The summed E-state index contributed by atoms with van der Waals surface area (Å²) >= 11 is 0. The van der Waals surface area contributed by atoms with Gasteiger partial charge >= 0.3 is 5.97 Å². The summed E-state index contributed by atoms with van der Waals surface area (Å²) in [5.41, 5.74) is -1.09. The Bertz CT molecular complexity index is 621. The number of hydrogen-bond acceptors (Lipinski definition) is 4. The van der Waals surface area contributed by atoms with Crippen molar-refractivity contribution in [2.24, 2.45) is 16.7 Å². The summed E-state index contributed by atoms with van der Waals surface area (Å²) in [6, 6.07) is -1.17. The Labute approximate surface area is 175 Å². The summed E-state index contributed by atoms with van der Waals surface area (Å²) in [6.45, 7) is 15.0. The number of carbonyl (C=O) groups is 3. The third kappa shape index (κ3) is 7.46. The minimum absolute atomic E-state index is 0.00367. The highest BCUT2D eigenvalue weighted by Crippen LogP contribution is 2.27. The van der Waals surface area contributed by atoms with Crippen LogP contribution in [0.2, 0.25) is 0 Å². The minimum atomic E-state index is -1.02. The largest absolute Gasteiger partial charge is 0.478 e. The van der Waals surface area contributed by atoms with E-state index in [1.807, 2.05) is 48.5 Å². The molecule has 7 nitrogen and oxygen atoms in total. The molecule has 0 saturated heterocycles. The van der Waals surface area contributed by atoms with Gasteiger partial charge in [0.05, 0.1) is 18.1 Å². The van der Waals surface area contributed by atoms with Gasteiger partial charge in [-0.2, -0.15) is 0 Å². The van der Waals surface area contributed by atoms with Crippen molar-refractivity contribution in [2.75, 3.05) is 20.8 Å². The molecule has 2 N–H and O–H groups in total. The first-order valence-electron chi connectivity index (χ1n) is 10.1. The van der Waals surface area contributed by atoms with Gasteiger partial charge in [0.25, 0.3) is 0 Å². The molecule has 0 aromatic heterocycles. The van der Waals surface area contributed by atoms with Gasteiger partial charge in [0.15, 0.2) is 0 Å². The van der Waals surface area contributed by atoms with E-state index in [0.717, 1.165) is 0 Å². The summed E-state index contributed by atoms with van der Waals surface area (Å²) < 4.78 is 5.21. The first-order chi connectivity index (χ1) is 13.1. The Kier molecular flexibility index (Phi) is 10.1. The number of carboxylic acids is 1. The molecule has 168 valence electrons. The van der Waals surface area contributed by atoms with Gasteiger partial charge in [0.2, 0.25) is 11.8 Å². The SMILES string of the molecule is CCC(C)(COC)C(=O)N[C@H](C(=O)N(C)[C@H](/C=C(\C)C(=O)O)C(C)C)C(C)(C)C. The van der Waals surface area contributed by atoms with Crippen molar-refractivity contribution >= 4 is 17.8 Å². The average Bonchev–Trinajstić information content (AvgIpc) is 2.61. The molecule has 1 unspecified atom stereocenters. The molecule has 0 rings (SSSR count). The quantitative estimate of drug-likeness (QED) is 0.538. The molecule has 0 saturated carbocycles. The van der Waals surface area contributed by atoms with E-state index in [4.69, 9.17) is 4.74 Å². The Balaban J connectivity index is 5.89. The second kappa shape index (κ2) is 10.8. The van der Waals surface area contributed by atoms with Crippen molar-refractivity contribution in [2.45, 2.75) is 73.9 Å². The normalized spacial score (nSPS) is 16.7. The number of amides is 2. The number of carboxylic acid groups (broad SMARTS) is 1. The van der Waals surface area contributed by atoms with Crippen molar-refractivity contribution < 1.29 is 24.2 Å². The molecular weight excluding hydrogens is 372 g/mol. The molecule has 0 fully saturated rings. The van der Waals surface area contributed by atoms with Gasteiger partial charge in [-0.3, -0.25) is 9.59 Å². The highest BCUT2D eigenvalue weighted by molar-refractivity contribution is 5.91. The van der Waals surface area contributed by atoms with Crippen LogP contribution in [0.25, 0.3) is 0 Å². The predicted octanol–water partition coefficient (Wildman–Crippen LogP) is 3.09. The Hall–Kier alpha value is -1.89. The minimum Gasteiger partial charge on any atom is -0.478 e. The van der Waals surface area contributed by atoms with Crippen molar-refractivity contribution in [1.82, 2.24) is 10.2 Å². The third-order valence-electron chi connectivity index (χ3n) is 5.42. The van der Waals surface area contributed by atoms with E-state index in [1.165, 1.54) is 11.8 Å². The van der Waals surface area contributed by atoms with Gasteiger partial charge in [-0.1, -0.05) is 47.6 Å². The van der Waals surface area contributed by atoms with E-state index in [-0.39, 0.29) is 29.9 Å². The fourth-order valence-electron chi connectivity index (χ4n) is 3.03. The van der Waals surface area contributed by atoms with E-state index in [9.17, 15) is 19.5 Å². The zero-order valence-corrected chi connectivity index (χ0v) is 19.8. The number of nitrogens with one attached hydrogen (secondary N) is 1. The van der Waals surface area contributed by atoms with Gasteiger partial charge in [-0.25, -0.2) is 4.79 Å². The fraction of sp³-hybridized carbons (Fsp3) is 0.773.